The zero-order valence-corrected chi connectivity index (χ0v) is 14.8. The average molecular weight is 344 g/mol. The maximum atomic E-state index is 11.5. The van der Waals surface area contributed by atoms with Crippen molar-refractivity contribution < 1.29 is 14.1 Å². The zero-order valence-electron chi connectivity index (χ0n) is 14.8. The molecule has 7 nitrogen and oxygen atoms in total. The maximum absolute atomic E-state index is 11.5. The number of carbonyl (C=O) groups excluding carboxylic acids is 1. The minimum Gasteiger partial charge on any atom is -0.482 e. The fraction of sp³-hybridized carbons (Fsp3) is 0.500. The molecule has 1 aromatic carbocycles. The van der Waals surface area contributed by atoms with E-state index in [-0.39, 0.29) is 24.6 Å². The van der Waals surface area contributed by atoms with Gasteiger partial charge in [0.25, 0.3) is 5.91 Å². The highest BCUT2D eigenvalue weighted by Gasteiger charge is 2.20. The van der Waals surface area contributed by atoms with Gasteiger partial charge in [0.15, 0.2) is 12.4 Å². The van der Waals surface area contributed by atoms with Gasteiger partial charge in [-0.3, -0.25) is 10.1 Å². The van der Waals surface area contributed by atoms with Crippen molar-refractivity contribution in [2.75, 3.05) is 11.9 Å². The first-order valence-electron chi connectivity index (χ1n) is 8.72. The van der Waals surface area contributed by atoms with Gasteiger partial charge in [-0.05, 0) is 38.0 Å². The summed E-state index contributed by atoms with van der Waals surface area (Å²) in [6.45, 7) is 6.25. The summed E-state index contributed by atoms with van der Waals surface area (Å²) in [7, 11) is 0. The number of unbranched alkanes of at least 4 members (excludes halogenated alkanes) is 1. The van der Waals surface area contributed by atoms with Crippen molar-refractivity contribution in [3.8, 4) is 5.75 Å². The first-order valence-corrected chi connectivity index (χ1v) is 8.72. The Morgan fingerprint density at radius 1 is 1.32 bits per heavy atom. The Labute approximate surface area is 147 Å². The van der Waals surface area contributed by atoms with Gasteiger partial charge in [0.1, 0.15) is 5.75 Å². The number of aromatic nitrogens is 2. The second kappa shape index (κ2) is 7.65. The smallest absolute Gasteiger partial charge is 0.262 e. The summed E-state index contributed by atoms with van der Waals surface area (Å²) in [5, 5.41) is 10.3. The molecule has 0 saturated heterocycles. The number of carbonyl (C=O) groups is 1. The summed E-state index contributed by atoms with van der Waals surface area (Å²) < 4.78 is 10.8. The fourth-order valence-corrected chi connectivity index (χ4v) is 2.79. The lowest BCUT2D eigenvalue weighted by molar-refractivity contribution is -0.118. The van der Waals surface area contributed by atoms with E-state index in [0.29, 0.717) is 17.3 Å². The van der Waals surface area contributed by atoms with Crippen LogP contribution in [0.5, 0.6) is 5.75 Å². The average Bonchev–Trinajstić information content (AvgIpc) is 3.08. The summed E-state index contributed by atoms with van der Waals surface area (Å²) in [5.74, 6) is 1.91. The van der Waals surface area contributed by atoms with E-state index in [1.54, 1.807) is 0 Å². The Bertz CT molecular complexity index is 744. The lowest BCUT2D eigenvalue weighted by Crippen LogP contribution is -2.26. The second-order valence-corrected chi connectivity index (χ2v) is 6.35. The van der Waals surface area contributed by atoms with E-state index < -0.39 is 0 Å². The highest BCUT2D eigenvalue weighted by Crippen LogP contribution is 2.31. The predicted octanol–water partition coefficient (Wildman–Crippen LogP) is 3.15. The molecule has 2 aromatic rings. The van der Waals surface area contributed by atoms with Crippen molar-refractivity contribution in [3.05, 3.63) is 35.5 Å². The van der Waals surface area contributed by atoms with Crippen LogP contribution < -0.4 is 15.4 Å². The molecular weight excluding hydrogens is 320 g/mol. The van der Waals surface area contributed by atoms with Crippen LogP contribution in [0.25, 0.3) is 0 Å². The molecule has 2 N–H and O–H groups in total. The molecule has 134 valence electrons. The van der Waals surface area contributed by atoms with Crippen LogP contribution in [0.2, 0.25) is 0 Å². The van der Waals surface area contributed by atoms with E-state index in [1.165, 1.54) is 0 Å². The first-order chi connectivity index (χ1) is 12.1. The molecule has 25 heavy (non-hydrogen) atoms. The van der Waals surface area contributed by atoms with Crippen LogP contribution in [-0.4, -0.2) is 22.7 Å². The predicted molar refractivity (Wildman–Crippen MR) is 93.4 cm³/mol. The number of nitrogens with zero attached hydrogens (tertiary/aromatic N) is 2. The van der Waals surface area contributed by atoms with E-state index in [9.17, 15) is 4.79 Å². The molecule has 1 aromatic heterocycles. The van der Waals surface area contributed by atoms with E-state index in [4.69, 9.17) is 9.26 Å². The molecule has 0 aliphatic carbocycles. The molecule has 1 aliphatic rings. The summed E-state index contributed by atoms with van der Waals surface area (Å²) in [4.78, 5) is 15.9. The largest absolute Gasteiger partial charge is 0.482 e. The number of hydrogen-bond donors (Lipinski definition) is 2. The van der Waals surface area contributed by atoms with Crippen LogP contribution in [0, 0.1) is 0 Å². The third kappa shape index (κ3) is 4.17. The number of hydrogen-bond acceptors (Lipinski definition) is 6. The standard InChI is InChI=1S/C18H24N4O3/c1-4-5-6-16-21-18(25-22-16)12(3)19-11(2)13-7-8-15-14(9-13)20-17(23)10-24-15/h7-9,11-12,19H,4-6,10H2,1-3H3,(H,20,23)/t11-,12+/m0/s1. The Morgan fingerprint density at radius 3 is 2.96 bits per heavy atom. The summed E-state index contributed by atoms with van der Waals surface area (Å²) in [5.41, 5.74) is 1.75. The van der Waals surface area contributed by atoms with Crippen molar-refractivity contribution in [2.45, 2.75) is 52.1 Å². The fourth-order valence-electron chi connectivity index (χ4n) is 2.79. The lowest BCUT2D eigenvalue weighted by atomic mass is 10.1. The first kappa shape index (κ1) is 17.4. The van der Waals surface area contributed by atoms with E-state index in [2.05, 4.69) is 34.6 Å². The molecule has 7 heteroatoms. The molecule has 2 heterocycles. The number of ether oxygens (including phenoxy) is 1. The molecule has 3 rings (SSSR count). The van der Waals surface area contributed by atoms with E-state index in [1.807, 2.05) is 25.1 Å². The van der Waals surface area contributed by atoms with Crippen molar-refractivity contribution >= 4 is 11.6 Å². The zero-order chi connectivity index (χ0) is 17.8. The molecule has 0 saturated carbocycles. The summed E-state index contributed by atoms with van der Waals surface area (Å²) in [6.07, 6.45) is 3.00. The monoisotopic (exact) mass is 344 g/mol. The number of benzene rings is 1. The van der Waals surface area contributed by atoms with E-state index in [0.717, 1.165) is 30.7 Å². The number of fused-ring (bicyclic) bond motifs is 1. The molecule has 1 amide bonds. The highest BCUT2D eigenvalue weighted by atomic mass is 16.5. The molecule has 2 atom stereocenters. The molecule has 0 radical (unpaired) electrons. The van der Waals surface area contributed by atoms with Gasteiger partial charge in [0.2, 0.25) is 5.89 Å². The van der Waals surface area contributed by atoms with Gasteiger partial charge in [-0.1, -0.05) is 24.6 Å². The molecule has 0 unspecified atom stereocenters. The minimum absolute atomic E-state index is 0.0464. The number of nitrogens with one attached hydrogen (secondary N) is 2. The van der Waals surface area contributed by atoms with Crippen LogP contribution >= 0.6 is 0 Å². The number of rotatable bonds is 7. The topological polar surface area (TPSA) is 89.3 Å². The maximum Gasteiger partial charge on any atom is 0.262 e. The molecule has 0 fully saturated rings. The SMILES string of the molecule is CCCCc1noc([C@@H](C)N[C@@H](C)c2ccc3c(c2)NC(=O)CO3)n1. The Morgan fingerprint density at radius 2 is 2.16 bits per heavy atom. The van der Waals surface area contributed by atoms with Crippen LogP contribution in [0.4, 0.5) is 5.69 Å². The molecule has 1 aliphatic heterocycles. The van der Waals surface area contributed by atoms with Crippen molar-refractivity contribution in [1.29, 1.82) is 0 Å². The van der Waals surface area contributed by atoms with Gasteiger partial charge in [-0.25, -0.2) is 0 Å². The van der Waals surface area contributed by atoms with Gasteiger partial charge >= 0.3 is 0 Å². The van der Waals surface area contributed by atoms with Gasteiger partial charge in [0.05, 0.1) is 11.7 Å². The lowest BCUT2D eigenvalue weighted by Gasteiger charge is -2.22. The van der Waals surface area contributed by atoms with Crippen LogP contribution in [0.3, 0.4) is 0 Å². The van der Waals surface area contributed by atoms with Gasteiger partial charge < -0.3 is 14.6 Å². The van der Waals surface area contributed by atoms with Crippen LogP contribution in [-0.2, 0) is 11.2 Å². The summed E-state index contributed by atoms with van der Waals surface area (Å²) >= 11 is 0. The summed E-state index contributed by atoms with van der Waals surface area (Å²) in [6, 6.07) is 5.77. The highest BCUT2D eigenvalue weighted by molar-refractivity contribution is 5.95. The Balaban J connectivity index is 1.65. The molecular formula is C18H24N4O3. The number of amides is 1. The van der Waals surface area contributed by atoms with E-state index >= 15 is 0 Å². The van der Waals surface area contributed by atoms with Crippen molar-refractivity contribution in [1.82, 2.24) is 15.5 Å². The van der Waals surface area contributed by atoms with Crippen molar-refractivity contribution in [2.24, 2.45) is 0 Å². The third-order valence-electron chi connectivity index (χ3n) is 4.24. The van der Waals surface area contributed by atoms with Gasteiger partial charge in [-0.2, -0.15) is 4.98 Å². The Hall–Kier alpha value is -2.41. The quantitative estimate of drug-likeness (QED) is 0.802. The minimum atomic E-state index is -0.135. The molecule has 0 bridgehead atoms. The molecule has 0 spiro atoms. The number of aryl methyl sites for hydroxylation is 1. The van der Waals surface area contributed by atoms with Crippen LogP contribution in [0.1, 0.15) is 63.0 Å². The van der Waals surface area contributed by atoms with Crippen molar-refractivity contribution in [3.63, 3.8) is 0 Å². The van der Waals surface area contributed by atoms with Gasteiger partial charge in [0, 0.05) is 12.5 Å². The van der Waals surface area contributed by atoms with Gasteiger partial charge in [-0.15, -0.1) is 0 Å². The number of anilines is 1. The Kier molecular flexibility index (Phi) is 5.33. The second-order valence-electron chi connectivity index (χ2n) is 6.35. The normalized spacial score (nSPS) is 15.9. The third-order valence-corrected chi connectivity index (χ3v) is 4.24. The van der Waals surface area contributed by atoms with Crippen LogP contribution in [0.15, 0.2) is 22.7 Å².